The van der Waals surface area contributed by atoms with Gasteiger partial charge in [-0.05, 0) is 50.7 Å². The number of imidazole rings is 1. The van der Waals surface area contributed by atoms with Crippen LogP contribution < -0.4 is 10.2 Å². The van der Waals surface area contributed by atoms with Gasteiger partial charge in [-0.25, -0.2) is 14.2 Å². The van der Waals surface area contributed by atoms with Gasteiger partial charge in [0.05, 0.1) is 22.9 Å². The number of rotatable bonds is 6. The number of carbonyl (C=O) groups is 2. The molecule has 2 atom stereocenters. The molecule has 9 nitrogen and oxygen atoms in total. The van der Waals surface area contributed by atoms with E-state index in [-0.39, 0.29) is 23.0 Å². The molecule has 1 aromatic carbocycles. The maximum absolute atomic E-state index is 15.7. The molecule has 36 heavy (non-hydrogen) atoms. The van der Waals surface area contributed by atoms with Gasteiger partial charge in [0.15, 0.2) is 5.82 Å². The van der Waals surface area contributed by atoms with E-state index in [9.17, 15) is 14.7 Å². The van der Waals surface area contributed by atoms with Crippen LogP contribution in [-0.4, -0.2) is 44.7 Å². The number of carboxylic acids is 1. The topological polar surface area (TPSA) is 124 Å². The summed E-state index contributed by atoms with van der Waals surface area (Å²) in [6.45, 7) is 2.19. The summed E-state index contributed by atoms with van der Waals surface area (Å²) >= 11 is 0. The molecule has 192 valence electrons. The second-order valence-electron chi connectivity index (χ2n) is 9.98. The third-order valence-corrected chi connectivity index (χ3v) is 7.64. The van der Waals surface area contributed by atoms with Crippen molar-refractivity contribution in [3.05, 3.63) is 41.3 Å². The zero-order valence-electron chi connectivity index (χ0n) is 20.4. The van der Waals surface area contributed by atoms with Gasteiger partial charge < -0.3 is 24.8 Å². The maximum Gasteiger partial charge on any atom is 0.326 e. The molecule has 1 saturated carbocycles. The lowest BCUT2D eigenvalue weighted by molar-refractivity contribution is -0.138. The highest BCUT2D eigenvalue weighted by Gasteiger charge is 2.34. The fraction of sp³-hybridized carbons (Fsp3) is 0.538. The van der Waals surface area contributed by atoms with E-state index < -0.39 is 23.9 Å². The van der Waals surface area contributed by atoms with E-state index >= 15 is 4.39 Å². The number of hydrogen-bond donors (Lipinski definition) is 3. The highest BCUT2D eigenvalue weighted by atomic mass is 19.1. The third kappa shape index (κ3) is 4.68. The Hall–Kier alpha value is -3.43. The van der Waals surface area contributed by atoms with E-state index in [1.54, 1.807) is 24.0 Å². The number of carbonyl (C=O) groups excluding carboxylic acids is 1. The summed E-state index contributed by atoms with van der Waals surface area (Å²) in [6.07, 6.45) is 10.0. The van der Waals surface area contributed by atoms with Gasteiger partial charge in [0.2, 0.25) is 0 Å². The van der Waals surface area contributed by atoms with Crippen LogP contribution in [0.15, 0.2) is 22.9 Å². The zero-order valence-corrected chi connectivity index (χ0v) is 20.4. The summed E-state index contributed by atoms with van der Waals surface area (Å²) in [5, 5.41) is 16.5. The number of fused-ring (bicyclic) bond motifs is 1. The molecule has 3 N–H and O–H groups in total. The van der Waals surface area contributed by atoms with Gasteiger partial charge in [-0.3, -0.25) is 4.79 Å². The number of aliphatic carboxylic acids is 1. The summed E-state index contributed by atoms with van der Waals surface area (Å²) in [6, 6.07) is 2.18. The average Bonchev–Trinajstić information content (AvgIpc) is 3.57. The zero-order chi connectivity index (χ0) is 25.2. The van der Waals surface area contributed by atoms with Gasteiger partial charge in [0.25, 0.3) is 5.91 Å². The largest absolute Gasteiger partial charge is 0.480 e. The van der Waals surface area contributed by atoms with Gasteiger partial charge in [-0.2, -0.15) is 0 Å². The van der Waals surface area contributed by atoms with E-state index in [4.69, 9.17) is 4.52 Å². The minimum absolute atomic E-state index is 0.146. The van der Waals surface area contributed by atoms with Gasteiger partial charge in [-0.1, -0.05) is 37.3 Å². The molecule has 2 fully saturated rings. The first kappa shape index (κ1) is 24.3. The van der Waals surface area contributed by atoms with Crippen LogP contribution >= 0.6 is 0 Å². The highest BCUT2D eigenvalue weighted by Crippen LogP contribution is 2.36. The number of halogens is 1. The van der Waals surface area contributed by atoms with Gasteiger partial charge in [0.1, 0.15) is 29.2 Å². The Bertz CT molecular complexity index is 1250. The first-order valence-corrected chi connectivity index (χ1v) is 12.8. The minimum atomic E-state index is -0.953. The first-order chi connectivity index (χ1) is 17.4. The molecule has 3 aromatic rings. The van der Waals surface area contributed by atoms with Gasteiger partial charge in [-0.15, -0.1) is 0 Å². The molecule has 0 bridgehead atoms. The SMILES string of the molecule is Cc1nocc1C(=O)NC(c1nc2c(F)c(N3CCC[C@@H]3C(=O)O)ccc2[nH]1)C1CCCCCCC1. The minimum Gasteiger partial charge on any atom is -0.480 e. The van der Waals surface area contributed by atoms with Crippen molar-refractivity contribution in [2.24, 2.45) is 5.92 Å². The van der Waals surface area contributed by atoms with Gasteiger partial charge in [0, 0.05) is 6.54 Å². The molecule has 1 unspecified atom stereocenters. The number of nitrogens with zero attached hydrogens (tertiary/aromatic N) is 3. The summed E-state index contributed by atoms with van der Waals surface area (Å²) in [5.74, 6) is -1.15. The lowest BCUT2D eigenvalue weighted by atomic mass is 9.85. The number of nitrogens with one attached hydrogen (secondary N) is 2. The Labute approximate surface area is 208 Å². The molecular weight excluding hydrogens is 465 g/mol. The van der Waals surface area contributed by atoms with E-state index in [0.29, 0.717) is 42.0 Å². The molecule has 0 radical (unpaired) electrons. The number of aromatic amines is 1. The fourth-order valence-corrected chi connectivity index (χ4v) is 5.69. The lowest BCUT2D eigenvalue weighted by Gasteiger charge is -2.28. The quantitative estimate of drug-likeness (QED) is 0.443. The molecule has 10 heteroatoms. The summed E-state index contributed by atoms with van der Waals surface area (Å²) in [7, 11) is 0. The second kappa shape index (κ2) is 10.3. The molecule has 0 spiro atoms. The van der Waals surface area contributed by atoms with Crippen LogP contribution in [0.4, 0.5) is 10.1 Å². The Kier molecular flexibility index (Phi) is 6.93. The Morgan fingerprint density at radius 1 is 1.17 bits per heavy atom. The Morgan fingerprint density at radius 2 is 1.92 bits per heavy atom. The van der Waals surface area contributed by atoms with Crippen LogP contribution in [0.5, 0.6) is 0 Å². The van der Waals surface area contributed by atoms with Crippen molar-refractivity contribution in [3.63, 3.8) is 0 Å². The number of anilines is 1. The smallest absolute Gasteiger partial charge is 0.326 e. The molecular formula is C26H32FN5O4. The second-order valence-corrected chi connectivity index (χ2v) is 9.98. The van der Waals surface area contributed by atoms with Crippen LogP contribution in [0.1, 0.15) is 85.7 Å². The summed E-state index contributed by atoms with van der Waals surface area (Å²) < 4.78 is 20.7. The number of aryl methyl sites for hydroxylation is 1. The third-order valence-electron chi connectivity index (χ3n) is 7.64. The molecule has 1 amide bonds. The van der Waals surface area contributed by atoms with E-state index in [2.05, 4.69) is 20.4 Å². The first-order valence-electron chi connectivity index (χ1n) is 12.8. The maximum atomic E-state index is 15.7. The highest BCUT2D eigenvalue weighted by molar-refractivity contribution is 5.95. The molecule has 1 saturated heterocycles. The predicted octanol–water partition coefficient (Wildman–Crippen LogP) is 4.88. The van der Waals surface area contributed by atoms with Crippen molar-refractivity contribution in [2.45, 2.75) is 76.8 Å². The normalized spacial score (nSPS) is 20.3. The number of hydrogen-bond acceptors (Lipinski definition) is 6. The molecule has 1 aliphatic carbocycles. The number of aromatic nitrogens is 3. The van der Waals surface area contributed by atoms with E-state index in [0.717, 1.165) is 38.5 Å². The van der Waals surface area contributed by atoms with Gasteiger partial charge >= 0.3 is 5.97 Å². The number of H-pyrrole nitrogens is 1. The number of benzene rings is 1. The summed E-state index contributed by atoms with van der Waals surface area (Å²) in [4.78, 5) is 34.3. The van der Waals surface area contributed by atoms with Crippen molar-refractivity contribution in [2.75, 3.05) is 11.4 Å². The standard InChI is InChI=1S/C26H32FN5O4/c1-15-17(14-36-31-15)25(33)30-22(16-8-5-3-2-4-6-9-16)24-28-18-11-12-19(21(27)23(18)29-24)32-13-7-10-20(32)26(34)35/h11-12,14,16,20,22H,2-10,13H2,1H3,(H,28,29)(H,30,33)(H,34,35)/t20-,22?/m1/s1. The Balaban J connectivity index is 1.50. The van der Waals surface area contributed by atoms with Crippen LogP contribution in [0, 0.1) is 18.7 Å². The van der Waals surface area contributed by atoms with Crippen LogP contribution in [0.2, 0.25) is 0 Å². The molecule has 3 heterocycles. The van der Waals surface area contributed by atoms with Crippen LogP contribution in [0.25, 0.3) is 11.0 Å². The summed E-state index contributed by atoms with van der Waals surface area (Å²) in [5.41, 5.74) is 1.79. The predicted molar refractivity (Wildman–Crippen MR) is 131 cm³/mol. The van der Waals surface area contributed by atoms with E-state index in [1.165, 1.54) is 12.7 Å². The average molecular weight is 498 g/mol. The number of carboxylic acid groups (broad SMARTS) is 1. The van der Waals surface area contributed by atoms with Crippen molar-refractivity contribution < 1.29 is 23.6 Å². The molecule has 5 rings (SSSR count). The van der Waals surface area contributed by atoms with Crippen LogP contribution in [-0.2, 0) is 4.79 Å². The molecule has 2 aliphatic rings. The monoisotopic (exact) mass is 497 g/mol. The lowest BCUT2D eigenvalue weighted by Crippen LogP contribution is -2.36. The van der Waals surface area contributed by atoms with Crippen LogP contribution in [0.3, 0.4) is 0 Å². The molecule has 2 aromatic heterocycles. The van der Waals surface area contributed by atoms with Crippen molar-refractivity contribution in [3.8, 4) is 0 Å². The van der Waals surface area contributed by atoms with E-state index in [1.807, 2.05) is 0 Å². The Morgan fingerprint density at radius 3 is 2.61 bits per heavy atom. The van der Waals surface area contributed by atoms with Crippen molar-refractivity contribution in [1.82, 2.24) is 20.4 Å². The molecule has 1 aliphatic heterocycles. The van der Waals surface area contributed by atoms with Crippen molar-refractivity contribution in [1.29, 1.82) is 0 Å². The fourth-order valence-electron chi connectivity index (χ4n) is 5.69. The number of amides is 1. The van der Waals surface area contributed by atoms with Crippen molar-refractivity contribution >= 4 is 28.6 Å².